The van der Waals surface area contributed by atoms with Crippen molar-refractivity contribution in [1.29, 1.82) is 0 Å². The summed E-state index contributed by atoms with van der Waals surface area (Å²) in [7, 11) is 0. The Labute approximate surface area is 176 Å². The van der Waals surface area contributed by atoms with E-state index in [4.69, 9.17) is 4.74 Å². The molecular weight excluding hydrogens is 386 g/mol. The second-order valence-corrected chi connectivity index (χ2v) is 8.91. The van der Waals surface area contributed by atoms with Crippen molar-refractivity contribution in [2.45, 2.75) is 53.0 Å². The van der Waals surface area contributed by atoms with Gasteiger partial charge >= 0.3 is 5.97 Å². The van der Waals surface area contributed by atoms with E-state index in [2.05, 4.69) is 31.3 Å². The average molecular weight is 416 g/mol. The highest BCUT2D eigenvalue weighted by Crippen LogP contribution is 2.18. The van der Waals surface area contributed by atoms with Crippen molar-refractivity contribution in [3.05, 3.63) is 57.3 Å². The molecule has 0 saturated carbocycles. The van der Waals surface area contributed by atoms with E-state index in [9.17, 15) is 14.4 Å². The zero-order chi connectivity index (χ0) is 21.4. The molecule has 0 aliphatic rings. The highest BCUT2D eigenvalue weighted by molar-refractivity contribution is 7.14. The largest absolute Gasteiger partial charge is 0.456 e. The lowest BCUT2D eigenvalue weighted by Gasteiger charge is -2.15. The Balaban J connectivity index is 1.71. The summed E-state index contributed by atoms with van der Waals surface area (Å²) in [5.41, 5.74) is 2.26. The molecule has 2 rings (SSSR count). The Kier molecular flexibility index (Phi) is 8.58. The molecule has 0 radical (unpaired) electrons. The molecule has 1 heterocycles. The maximum absolute atomic E-state index is 12.1. The van der Waals surface area contributed by atoms with Gasteiger partial charge in [0.15, 0.2) is 12.4 Å². The minimum absolute atomic E-state index is 0.0318. The first-order chi connectivity index (χ1) is 13.7. The molecule has 1 amide bonds. The molecule has 1 aromatic carbocycles. The Hall–Kier alpha value is -2.47. The summed E-state index contributed by atoms with van der Waals surface area (Å²) in [6, 6.07) is 11.6. The van der Waals surface area contributed by atoms with Crippen LogP contribution in [0.1, 0.15) is 65.3 Å². The van der Waals surface area contributed by atoms with E-state index in [1.165, 1.54) is 16.9 Å². The molecule has 29 heavy (non-hydrogen) atoms. The predicted octanol–water partition coefficient (Wildman–Crippen LogP) is 4.64. The van der Waals surface area contributed by atoms with Crippen molar-refractivity contribution in [3.8, 4) is 0 Å². The number of benzene rings is 1. The van der Waals surface area contributed by atoms with Crippen molar-refractivity contribution in [2.24, 2.45) is 5.92 Å². The molecule has 1 atom stereocenters. The van der Waals surface area contributed by atoms with E-state index in [0.29, 0.717) is 10.8 Å². The summed E-state index contributed by atoms with van der Waals surface area (Å²) in [5, 5.41) is 2.82. The monoisotopic (exact) mass is 415 g/mol. The highest BCUT2D eigenvalue weighted by atomic mass is 32.1. The van der Waals surface area contributed by atoms with Crippen molar-refractivity contribution in [3.63, 3.8) is 0 Å². The first kappa shape index (κ1) is 22.8. The van der Waals surface area contributed by atoms with Crippen LogP contribution in [0.2, 0.25) is 0 Å². The number of esters is 1. The zero-order valence-electron chi connectivity index (χ0n) is 17.5. The van der Waals surface area contributed by atoms with Crippen LogP contribution < -0.4 is 5.32 Å². The number of carbonyl (C=O) groups excluding carboxylic acids is 3. The Morgan fingerprint density at radius 1 is 1.00 bits per heavy atom. The molecule has 0 spiro atoms. The smallest absolute Gasteiger partial charge is 0.306 e. The molecule has 6 heteroatoms. The molecule has 0 saturated heterocycles. The fourth-order valence-corrected chi connectivity index (χ4v) is 3.76. The van der Waals surface area contributed by atoms with Crippen LogP contribution in [0.3, 0.4) is 0 Å². The van der Waals surface area contributed by atoms with Crippen molar-refractivity contribution in [2.75, 3.05) is 6.61 Å². The van der Waals surface area contributed by atoms with Gasteiger partial charge in [-0.15, -0.1) is 11.3 Å². The van der Waals surface area contributed by atoms with Crippen molar-refractivity contribution >= 4 is 29.0 Å². The molecule has 1 aromatic heterocycles. The number of thiophene rings is 1. The van der Waals surface area contributed by atoms with Gasteiger partial charge in [0.25, 0.3) is 5.91 Å². The third-order valence-electron chi connectivity index (χ3n) is 4.44. The quantitative estimate of drug-likeness (QED) is 0.453. The second kappa shape index (κ2) is 10.9. The molecule has 0 fully saturated rings. The third kappa shape index (κ3) is 7.81. The lowest BCUT2D eigenvalue weighted by atomic mass is 10.00. The van der Waals surface area contributed by atoms with E-state index in [0.717, 1.165) is 16.9 Å². The van der Waals surface area contributed by atoms with Crippen LogP contribution in [0.25, 0.3) is 0 Å². The fraction of sp³-hybridized carbons (Fsp3) is 0.435. The number of aryl methyl sites for hydroxylation is 1. The zero-order valence-corrected chi connectivity index (χ0v) is 18.3. The lowest BCUT2D eigenvalue weighted by molar-refractivity contribution is -0.148. The standard InChI is InChI=1S/C23H29NO4S/c1-15(2)13-18-6-8-19(9-7-18)17(4)24-22(26)14-28-23(27)12-10-20(25)21-11-5-16(3)29-21/h5-9,11,15,17H,10,12-14H2,1-4H3,(H,24,26)/t17-/m0/s1. The number of hydrogen-bond acceptors (Lipinski definition) is 5. The van der Waals surface area contributed by atoms with Crippen molar-refractivity contribution in [1.82, 2.24) is 5.32 Å². The predicted molar refractivity (Wildman–Crippen MR) is 115 cm³/mol. The summed E-state index contributed by atoms with van der Waals surface area (Å²) in [6.45, 7) is 7.82. The van der Waals surface area contributed by atoms with E-state index in [1.807, 2.05) is 32.0 Å². The van der Waals surface area contributed by atoms with E-state index < -0.39 is 5.97 Å². The maximum atomic E-state index is 12.1. The van der Waals surface area contributed by atoms with Crippen LogP contribution in [0, 0.1) is 12.8 Å². The number of ether oxygens (including phenoxy) is 1. The minimum atomic E-state index is -0.549. The van der Waals surface area contributed by atoms with Crippen LogP contribution in [0.5, 0.6) is 0 Å². The molecule has 0 unspecified atom stereocenters. The van der Waals surface area contributed by atoms with Gasteiger partial charge in [0, 0.05) is 11.3 Å². The van der Waals surface area contributed by atoms with Gasteiger partial charge < -0.3 is 10.1 Å². The Morgan fingerprint density at radius 3 is 2.28 bits per heavy atom. The molecule has 2 aromatic rings. The average Bonchev–Trinajstić information content (AvgIpc) is 3.11. The Morgan fingerprint density at radius 2 is 1.69 bits per heavy atom. The van der Waals surface area contributed by atoms with E-state index in [1.54, 1.807) is 6.07 Å². The molecule has 0 bridgehead atoms. The van der Waals surface area contributed by atoms with Gasteiger partial charge in [0.1, 0.15) is 0 Å². The van der Waals surface area contributed by atoms with Gasteiger partial charge in [0.2, 0.25) is 0 Å². The van der Waals surface area contributed by atoms with Gasteiger partial charge in [-0.05, 0) is 49.4 Å². The normalized spacial score (nSPS) is 11.9. The molecule has 1 N–H and O–H groups in total. The van der Waals surface area contributed by atoms with Gasteiger partial charge in [-0.2, -0.15) is 0 Å². The summed E-state index contributed by atoms with van der Waals surface area (Å²) in [6.07, 6.45) is 1.07. The van der Waals surface area contributed by atoms with Crippen LogP contribution in [0.15, 0.2) is 36.4 Å². The topological polar surface area (TPSA) is 72.5 Å². The maximum Gasteiger partial charge on any atom is 0.306 e. The van der Waals surface area contributed by atoms with E-state index >= 15 is 0 Å². The summed E-state index contributed by atoms with van der Waals surface area (Å²) >= 11 is 1.41. The summed E-state index contributed by atoms with van der Waals surface area (Å²) in [4.78, 5) is 37.6. The number of rotatable bonds is 10. The molecule has 0 aliphatic carbocycles. The van der Waals surface area contributed by atoms with Gasteiger partial charge in [-0.3, -0.25) is 14.4 Å². The fourth-order valence-electron chi connectivity index (χ4n) is 2.92. The van der Waals surface area contributed by atoms with Gasteiger partial charge in [0.05, 0.1) is 17.3 Å². The lowest BCUT2D eigenvalue weighted by Crippen LogP contribution is -2.31. The van der Waals surface area contributed by atoms with Crippen LogP contribution in [0.4, 0.5) is 0 Å². The highest BCUT2D eigenvalue weighted by Gasteiger charge is 2.15. The van der Waals surface area contributed by atoms with E-state index in [-0.39, 0.29) is 37.2 Å². The number of amides is 1. The third-order valence-corrected chi connectivity index (χ3v) is 5.48. The first-order valence-electron chi connectivity index (χ1n) is 9.88. The van der Waals surface area contributed by atoms with Crippen LogP contribution in [-0.2, 0) is 20.7 Å². The number of Topliss-reactive ketones (excluding diaryl/α,β-unsaturated/α-hetero) is 1. The SMILES string of the molecule is Cc1ccc(C(=O)CCC(=O)OCC(=O)N[C@@H](C)c2ccc(CC(C)C)cc2)s1. The number of nitrogens with one attached hydrogen (secondary N) is 1. The minimum Gasteiger partial charge on any atom is -0.456 e. The van der Waals surface area contributed by atoms with Crippen LogP contribution in [-0.4, -0.2) is 24.3 Å². The summed E-state index contributed by atoms with van der Waals surface area (Å²) < 4.78 is 5.00. The number of ketones is 1. The number of carbonyl (C=O) groups is 3. The van der Waals surface area contributed by atoms with Gasteiger partial charge in [-0.1, -0.05) is 38.1 Å². The van der Waals surface area contributed by atoms with Crippen molar-refractivity contribution < 1.29 is 19.1 Å². The van der Waals surface area contributed by atoms with Crippen LogP contribution >= 0.6 is 11.3 Å². The molecule has 5 nitrogen and oxygen atoms in total. The second-order valence-electron chi connectivity index (χ2n) is 7.62. The van der Waals surface area contributed by atoms with Gasteiger partial charge in [-0.25, -0.2) is 0 Å². The molecule has 156 valence electrons. The molecular formula is C23H29NO4S. The number of hydrogen-bond donors (Lipinski definition) is 1. The Bertz CT molecular complexity index is 839. The molecule has 0 aliphatic heterocycles. The first-order valence-corrected chi connectivity index (χ1v) is 10.7. The summed E-state index contributed by atoms with van der Waals surface area (Å²) in [5.74, 6) is -0.402.